The quantitative estimate of drug-likeness (QED) is 0.627. The predicted molar refractivity (Wildman–Crippen MR) is 59.3 cm³/mol. The summed E-state index contributed by atoms with van der Waals surface area (Å²) < 4.78 is 0. The number of carbonyl (C=O) groups is 1. The molecule has 0 spiro atoms. The van der Waals surface area contributed by atoms with Crippen molar-refractivity contribution in [1.82, 2.24) is 5.43 Å². The van der Waals surface area contributed by atoms with Crippen LogP contribution in [-0.2, 0) is 4.79 Å². The molecule has 0 bridgehead atoms. The van der Waals surface area contributed by atoms with Gasteiger partial charge in [-0.25, -0.2) is 5.43 Å². The minimum Gasteiger partial charge on any atom is -0.386 e. The molecule has 0 saturated carbocycles. The molecule has 0 saturated heterocycles. The third-order valence-corrected chi connectivity index (χ3v) is 2.35. The van der Waals surface area contributed by atoms with Crippen LogP contribution in [0, 0.1) is 0 Å². The van der Waals surface area contributed by atoms with Crippen LogP contribution >= 0.6 is 23.2 Å². The fraction of sp³-hybridized carbons (Fsp3) is 0.111. The van der Waals surface area contributed by atoms with Crippen molar-refractivity contribution in [3.8, 4) is 0 Å². The highest BCUT2D eigenvalue weighted by atomic mass is 35.5. The first-order chi connectivity index (χ1) is 7.15. The Morgan fingerprint density at radius 1 is 1.53 bits per heavy atom. The van der Waals surface area contributed by atoms with E-state index in [-0.39, 0.29) is 0 Å². The molecule has 0 aliphatic heterocycles. The average Bonchev–Trinajstić information content (AvgIpc) is 2.24. The Bertz CT molecular complexity index is 394. The fourth-order valence-corrected chi connectivity index (χ4v) is 1.19. The number of amides is 1. The number of aliphatic hydroxyl groups is 1. The number of hydrazone groups is 1. The lowest BCUT2D eigenvalue weighted by molar-refractivity contribution is -0.123. The van der Waals surface area contributed by atoms with Crippen LogP contribution in [0.4, 0.5) is 0 Å². The predicted octanol–water partition coefficient (Wildman–Crippen LogP) is 1.44. The fourth-order valence-electron chi connectivity index (χ4n) is 0.829. The number of nitrogens with zero attached hydrogens (tertiary/aromatic N) is 1. The lowest BCUT2D eigenvalue weighted by atomic mass is 10.2. The molecule has 80 valence electrons. The molecule has 0 aliphatic carbocycles. The number of rotatable bonds is 3. The van der Waals surface area contributed by atoms with Crippen LogP contribution in [0.1, 0.15) is 5.56 Å². The second-order valence-corrected chi connectivity index (χ2v) is 3.38. The monoisotopic (exact) mass is 246 g/mol. The van der Waals surface area contributed by atoms with Crippen LogP contribution in [0.2, 0.25) is 10.0 Å². The molecule has 6 heteroatoms. The normalized spacial score (nSPS) is 10.6. The molecule has 0 aliphatic rings. The second kappa shape index (κ2) is 5.70. The van der Waals surface area contributed by atoms with Gasteiger partial charge in [0.1, 0.15) is 6.61 Å². The summed E-state index contributed by atoms with van der Waals surface area (Å²) in [5, 5.41) is 12.8. The van der Waals surface area contributed by atoms with Crippen LogP contribution in [0.5, 0.6) is 0 Å². The van der Waals surface area contributed by atoms with Crippen molar-refractivity contribution in [2.24, 2.45) is 5.10 Å². The molecule has 0 unspecified atom stereocenters. The van der Waals surface area contributed by atoms with Crippen LogP contribution in [0.25, 0.3) is 0 Å². The second-order valence-electron chi connectivity index (χ2n) is 2.59. The summed E-state index contributed by atoms with van der Waals surface area (Å²) >= 11 is 11.6. The van der Waals surface area contributed by atoms with E-state index in [1.165, 1.54) is 6.21 Å². The van der Waals surface area contributed by atoms with E-state index < -0.39 is 12.5 Å². The molecule has 1 rings (SSSR count). The zero-order valence-electron chi connectivity index (χ0n) is 7.58. The first kappa shape index (κ1) is 12.0. The largest absolute Gasteiger partial charge is 0.386 e. The summed E-state index contributed by atoms with van der Waals surface area (Å²) in [4.78, 5) is 10.6. The standard InChI is InChI=1S/C9H8Cl2N2O2/c10-7-3-1-2-6(9(7)11)4-12-13-8(15)5-14/h1-4,14H,5H2,(H,13,15)/b12-4+. The lowest BCUT2D eigenvalue weighted by Gasteiger charge is -1.99. The van der Waals surface area contributed by atoms with Gasteiger partial charge in [0, 0.05) is 5.56 Å². The van der Waals surface area contributed by atoms with Crippen molar-refractivity contribution in [2.45, 2.75) is 0 Å². The van der Waals surface area contributed by atoms with E-state index in [4.69, 9.17) is 28.3 Å². The summed E-state index contributed by atoms with van der Waals surface area (Å²) in [6.45, 7) is -0.610. The lowest BCUT2D eigenvalue weighted by Crippen LogP contribution is -2.20. The Kier molecular flexibility index (Phi) is 4.55. The van der Waals surface area contributed by atoms with E-state index in [2.05, 4.69) is 10.5 Å². The molecular weight excluding hydrogens is 239 g/mol. The summed E-state index contributed by atoms with van der Waals surface area (Å²) in [7, 11) is 0. The third kappa shape index (κ3) is 3.51. The van der Waals surface area contributed by atoms with Crippen LogP contribution in [-0.4, -0.2) is 23.8 Å². The number of carbonyl (C=O) groups excluding carboxylic acids is 1. The van der Waals surface area contributed by atoms with Gasteiger partial charge in [-0.15, -0.1) is 0 Å². The summed E-state index contributed by atoms with van der Waals surface area (Å²) in [5.41, 5.74) is 2.69. The van der Waals surface area contributed by atoms with Gasteiger partial charge in [0.15, 0.2) is 0 Å². The van der Waals surface area contributed by atoms with Crippen LogP contribution in [0.3, 0.4) is 0 Å². The van der Waals surface area contributed by atoms with Gasteiger partial charge in [-0.05, 0) is 6.07 Å². The minimum absolute atomic E-state index is 0.362. The summed E-state index contributed by atoms with van der Waals surface area (Å²) in [6, 6.07) is 5.06. The Morgan fingerprint density at radius 2 is 2.27 bits per heavy atom. The van der Waals surface area contributed by atoms with Crippen molar-refractivity contribution in [1.29, 1.82) is 0 Å². The molecule has 0 aromatic heterocycles. The van der Waals surface area contributed by atoms with Crippen molar-refractivity contribution in [3.63, 3.8) is 0 Å². The zero-order chi connectivity index (χ0) is 11.3. The van der Waals surface area contributed by atoms with E-state index in [9.17, 15) is 4.79 Å². The molecule has 0 atom stereocenters. The minimum atomic E-state index is -0.610. The highest BCUT2D eigenvalue weighted by Gasteiger charge is 2.01. The van der Waals surface area contributed by atoms with Gasteiger partial charge in [-0.2, -0.15) is 5.10 Å². The van der Waals surface area contributed by atoms with E-state index in [0.717, 1.165) is 0 Å². The van der Waals surface area contributed by atoms with Gasteiger partial charge in [0.05, 0.1) is 16.3 Å². The van der Waals surface area contributed by atoms with Crippen LogP contribution in [0.15, 0.2) is 23.3 Å². The average molecular weight is 247 g/mol. The molecular formula is C9H8Cl2N2O2. The van der Waals surface area contributed by atoms with E-state index in [1.54, 1.807) is 18.2 Å². The van der Waals surface area contributed by atoms with Gasteiger partial charge < -0.3 is 5.11 Å². The third-order valence-electron chi connectivity index (χ3n) is 1.52. The molecule has 0 heterocycles. The number of hydrogen-bond acceptors (Lipinski definition) is 3. The summed E-state index contributed by atoms with van der Waals surface area (Å²) in [6.07, 6.45) is 1.35. The molecule has 0 radical (unpaired) electrons. The number of benzene rings is 1. The van der Waals surface area contributed by atoms with Crippen molar-refractivity contribution >= 4 is 35.3 Å². The Balaban J connectivity index is 2.72. The highest BCUT2D eigenvalue weighted by molar-refractivity contribution is 6.43. The number of aliphatic hydroxyl groups excluding tert-OH is 1. The van der Waals surface area contributed by atoms with Crippen molar-refractivity contribution in [3.05, 3.63) is 33.8 Å². The molecule has 4 nitrogen and oxygen atoms in total. The van der Waals surface area contributed by atoms with E-state index >= 15 is 0 Å². The van der Waals surface area contributed by atoms with Crippen molar-refractivity contribution < 1.29 is 9.90 Å². The zero-order valence-corrected chi connectivity index (χ0v) is 9.09. The number of halogens is 2. The maximum atomic E-state index is 10.6. The maximum absolute atomic E-state index is 10.6. The van der Waals surface area contributed by atoms with Gasteiger partial charge in [-0.1, -0.05) is 35.3 Å². The summed E-state index contributed by atoms with van der Waals surface area (Å²) in [5.74, 6) is -0.593. The molecule has 1 aromatic rings. The van der Waals surface area contributed by atoms with E-state index in [0.29, 0.717) is 15.6 Å². The highest BCUT2D eigenvalue weighted by Crippen LogP contribution is 2.23. The molecule has 2 N–H and O–H groups in total. The molecule has 0 fully saturated rings. The SMILES string of the molecule is O=C(CO)N/N=C/c1cccc(Cl)c1Cl. The Hall–Kier alpha value is -1.10. The van der Waals surface area contributed by atoms with Gasteiger partial charge in [0.2, 0.25) is 0 Å². The maximum Gasteiger partial charge on any atom is 0.265 e. The number of hydrogen-bond donors (Lipinski definition) is 2. The van der Waals surface area contributed by atoms with Crippen molar-refractivity contribution in [2.75, 3.05) is 6.61 Å². The number of nitrogens with one attached hydrogen (secondary N) is 1. The van der Waals surface area contributed by atoms with E-state index in [1.807, 2.05) is 0 Å². The van der Waals surface area contributed by atoms with Crippen LogP contribution < -0.4 is 5.43 Å². The molecule has 1 amide bonds. The first-order valence-corrected chi connectivity index (χ1v) is 4.77. The molecule has 1 aromatic carbocycles. The van der Waals surface area contributed by atoms with Gasteiger partial charge in [-0.3, -0.25) is 4.79 Å². The molecule has 15 heavy (non-hydrogen) atoms. The smallest absolute Gasteiger partial charge is 0.265 e. The topological polar surface area (TPSA) is 61.7 Å². The first-order valence-electron chi connectivity index (χ1n) is 4.02. The Morgan fingerprint density at radius 3 is 2.93 bits per heavy atom. The van der Waals surface area contributed by atoms with Gasteiger partial charge >= 0.3 is 0 Å². The van der Waals surface area contributed by atoms with Gasteiger partial charge in [0.25, 0.3) is 5.91 Å². The Labute approximate surface area is 96.5 Å².